The van der Waals surface area contributed by atoms with E-state index in [9.17, 15) is 4.79 Å². The minimum absolute atomic E-state index is 0.472. The van der Waals surface area contributed by atoms with Crippen LogP contribution in [0.4, 0.5) is 11.4 Å². The third-order valence-corrected chi connectivity index (χ3v) is 10.6. The molecule has 0 radical (unpaired) electrons. The first kappa shape index (κ1) is 34.1. The first-order valence-electron chi connectivity index (χ1n) is 16.9. The Labute approximate surface area is 271 Å². The summed E-state index contributed by atoms with van der Waals surface area (Å²) in [7, 11) is 0. The van der Waals surface area contributed by atoms with Crippen LogP contribution >= 0.6 is 23.2 Å². The number of hydrogen-bond acceptors (Lipinski definition) is 5. The maximum Gasteiger partial charge on any atom is 0.132 e. The number of nitrogens with zero attached hydrogens (tertiary/aromatic N) is 3. The fraction of sp³-hybridized carbons (Fsp3) is 0.639. The van der Waals surface area contributed by atoms with Crippen LogP contribution in [0.15, 0.2) is 48.5 Å². The molecule has 2 saturated carbocycles. The van der Waals surface area contributed by atoms with Crippen molar-refractivity contribution in [3.63, 3.8) is 0 Å². The third kappa shape index (κ3) is 10.7. The molecule has 4 fully saturated rings. The first-order valence-corrected chi connectivity index (χ1v) is 17.7. The number of benzene rings is 2. The number of nitrogens with one attached hydrogen (secondary N) is 1. The van der Waals surface area contributed by atoms with Crippen molar-refractivity contribution in [2.75, 3.05) is 62.2 Å². The van der Waals surface area contributed by atoms with Gasteiger partial charge in [0.05, 0.1) is 21.4 Å². The molecular weight excluding hydrogens is 575 g/mol. The van der Waals surface area contributed by atoms with E-state index in [0.29, 0.717) is 5.78 Å². The molecule has 2 aromatic carbocycles. The second-order valence-electron chi connectivity index (χ2n) is 12.6. The van der Waals surface area contributed by atoms with Gasteiger partial charge in [0.1, 0.15) is 5.78 Å². The number of halogens is 2. The summed E-state index contributed by atoms with van der Waals surface area (Å²) in [5.41, 5.74) is 2.36. The van der Waals surface area contributed by atoms with Crippen LogP contribution in [-0.4, -0.2) is 69.1 Å². The number of carbonyl (C=O) groups is 1. The largest absolute Gasteiger partial charge is 0.368 e. The van der Waals surface area contributed by atoms with Crippen molar-refractivity contribution < 1.29 is 4.79 Å². The molecule has 2 heterocycles. The predicted molar refractivity (Wildman–Crippen MR) is 185 cm³/mol. The molecule has 0 amide bonds. The summed E-state index contributed by atoms with van der Waals surface area (Å²) in [4.78, 5) is 18.2. The molecule has 43 heavy (non-hydrogen) atoms. The Hall–Kier alpha value is -1.79. The quantitative estimate of drug-likeness (QED) is 0.360. The van der Waals surface area contributed by atoms with E-state index in [1.807, 2.05) is 30.3 Å². The Kier molecular flexibility index (Phi) is 14.5. The SMILES string of the molecule is CCC1CCC(=O)CC1.CCC1CCC(N2CCN(c3ccccc3Cl)CC2)CC1.Clc1ccccc1N1CCNCC1. The number of para-hydroxylation sites is 2. The molecular formula is C36H54Cl2N4O. The van der Waals surface area contributed by atoms with Gasteiger partial charge in [-0.15, -0.1) is 0 Å². The molecule has 0 unspecified atom stereocenters. The lowest BCUT2D eigenvalue weighted by Gasteiger charge is -2.42. The Morgan fingerprint density at radius 1 is 0.651 bits per heavy atom. The Morgan fingerprint density at radius 2 is 1.12 bits per heavy atom. The van der Waals surface area contributed by atoms with Crippen LogP contribution in [0.25, 0.3) is 0 Å². The monoisotopic (exact) mass is 628 g/mol. The van der Waals surface area contributed by atoms with E-state index in [1.165, 1.54) is 57.3 Å². The zero-order valence-electron chi connectivity index (χ0n) is 26.6. The number of rotatable bonds is 5. The van der Waals surface area contributed by atoms with E-state index in [-0.39, 0.29) is 0 Å². The number of ketones is 1. The van der Waals surface area contributed by atoms with E-state index < -0.39 is 0 Å². The fourth-order valence-electron chi connectivity index (χ4n) is 6.98. The van der Waals surface area contributed by atoms with Crippen molar-refractivity contribution in [1.29, 1.82) is 0 Å². The van der Waals surface area contributed by atoms with Gasteiger partial charge in [-0.1, -0.05) is 74.2 Å². The topological polar surface area (TPSA) is 38.8 Å². The molecule has 2 aromatic rings. The first-order chi connectivity index (χ1) is 21.0. The standard InChI is InChI=1S/C18H27ClN2.C10H13ClN2.C8H14O/c1-2-15-7-9-16(10-8-15)20-11-13-21(14-12-20)18-6-4-3-5-17(18)19;11-9-3-1-2-4-10(9)13-7-5-12-6-8-13;1-2-7-3-5-8(9)6-4-7/h3-6,15-16H,2,7-14H2,1H3;1-4,12H,5-8H2;7H,2-6H2,1H3. The highest BCUT2D eigenvalue weighted by atomic mass is 35.5. The van der Waals surface area contributed by atoms with E-state index in [2.05, 4.69) is 52.1 Å². The molecule has 0 aromatic heterocycles. The lowest BCUT2D eigenvalue weighted by atomic mass is 9.84. The summed E-state index contributed by atoms with van der Waals surface area (Å²) in [6.07, 6.45) is 12.3. The molecule has 2 aliphatic carbocycles. The molecule has 5 nitrogen and oxygen atoms in total. The summed E-state index contributed by atoms with van der Waals surface area (Å²) in [6, 6.07) is 17.1. The summed E-state index contributed by atoms with van der Waals surface area (Å²) < 4.78 is 0. The van der Waals surface area contributed by atoms with Crippen LogP contribution in [0.1, 0.15) is 78.1 Å². The maximum atomic E-state index is 10.7. The van der Waals surface area contributed by atoms with Crippen molar-refractivity contribution in [2.45, 2.75) is 84.1 Å². The average Bonchev–Trinajstić information content (AvgIpc) is 3.07. The minimum atomic E-state index is 0.472. The lowest BCUT2D eigenvalue weighted by Crippen LogP contribution is -2.51. The number of carbonyl (C=O) groups excluding carboxylic acids is 1. The second-order valence-corrected chi connectivity index (χ2v) is 13.5. The summed E-state index contributed by atoms with van der Waals surface area (Å²) in [5, 5.41) is 5.05. The minimum Gasteiger partial charge on any atom is -0.368 e. The molecule has 0 atom stereocenters. The van der Waals surface area contributed by atoms with Crippen molar-refractivity contribution >= 4 is 40.4 Å². The molecule has 1 N–H and O–H groups in total. The Morgan fingerprint density at radius 3 is 1.60 bits per heavy atom. The van der Waals surface area contributed by atoms with Crippen LogP contribution in [-0.2, 0) is 4.79 Å². The van der Waals surface area contributed by atoms with Crippen LogP contribution in [0.2, 0.25) is 10.0 Å². The summed E-state index contributed by atoms with van der Waals surface area (Å²) in [6.45, 7) is 13.3. The van der Waals surface area contributed by atoms with E-state index in [1.54, 1.807) is 0 Å². The van der Waals surface area contributed by atoms with Crippen LogP contribution in [0.5, 0.6) is 0 Å². The molecule has 0 spiro atoms. The highest BCUT2D eigenvalue weighted by molar-refractivity contribution is 6.33. The Bertz CT molecular complexity index is 1080. The molecule has 4 aliphatic rings. The fourth-order valence-corrected chi connectivity index (χ4v) is 7.49. The van der Waals surface area contributed by atoms with Crippen molar-refractivity contribution in [2.24, 2.45) is 11.8 Å². The van der Waals surface area contributed by atoms with Gasteiger partial charge in [0, 0.05) is 71.2 Å². The van der Waals surface area contributed by atoms with Crippen LogP contribution < -0.4 is 15.1 Å². The smallest absolute Gasteiger partial charge is 0.132 e. The molecule has 7 heteroatoms. The van der Waals surface area contributed by atoms with Gasteiger partial charge in [-0.3, -0.25) is 9.69 Å². The zero-order valence-corrected chi connectivity index (χ0v) is 28.1. The predicted octanol–water partition coefficient (Wildman–Crippen LogP) is 8.34. The van der Waals surface area contributed by atoms with Crippen molar-refractivity contribution in [3.05, 3.63) is 58.6 Å². The van der Waals surface area contributed by atoms with Gasteiger partial charge in [-0.05, 0) is 74.6 Å². The maximum absolute atomic E-state index is 10.7. The van der Waals surface area contributed by atoms with Gasteiger partial charge in [0.2, 0.25) is 0 Å². The lowest BCUT2D eigenvalue weighted by molar-refractivity contribution is -0.121. The highest BCUT2D eigenvalue weighted by Gasteiger charge is 2.28. The van der Waals surface area contributed by atoms with Crippen molar-refractivity contribution in [1.82, 2.24) is 10.2 Å². The number of anilines is 2. The van der Waals surface area contributed by atoms with Gasteiger partial charge in [0.15, 0.2) is 0 Å². The summed E-state index contributed by atoms with van der Waals surface area (Å²) in [5.74, 6) is 2.31. The van der Waals surface area contributed by atoms with E-state index in [0.717, 1.165) is 98.6 Å². The second kappa shape index (κ2) is 18.2. The number of hydrogen-bond donors (Lipinski definition) is 1. The van der Waals surface area contributed by atoms with Crippen LogP contribution in [0, 0.1) is 11.8 Å². The van der Waals surface area contributed by atoms with Gasteiger partial charge >= 0.3 is 0 Å². The van der Waals surface area contributed by atoms with Gasteiger partial charge < -0.3 is 15.1 Å². The molecule has 238 valence electrons. The van der Waals surface area contributed by atoms with Crippen molar-refractivity contribution in [3.8, 4) is 0 Å². The third-order valence-electron chi connectivity index (χ3n) is 9.97. The number of Topliss-reactive ketones (excluding diaryl/α,β-unsaturated/α-hetero) is 1. The summed E-state index contributed by atoms with van der Waals surface area (Å²) >= 11 is 12.4. The van der Waals surface area contributed by atoms with E-state index >= 15 is 0 Å². The zero-order chi connectivity index (χ0) is 30.4. The van der Waals surface area contributed by atoms with Crippen LogP contribution in [0.3, 0.4) is 0 Å². The normalized spacial score (nSPS) is 23.6. The van der Waals surface area contributed by atoms with Gasteiger partial charge in [-0.25, -0.2) is 0 Å². The highest BCUT2D eigenvalue weighted by Crippen LogP contribution is 2.32. The molecule has 2 saturated heterocycles. The molecule has 2 aliphatic heterocycles. The number of piperazine rings is 2. The molecule has 0 bridgehead atoms. The van der Waals surface area contributed by atoms with Gasteiger partial charge in [0.25, 0.3) is 0 Å². The van der Waals surface area contributed by atoms with E-state index in [4.69, 9.17) is 23.2 Å². The van der Waals surface area contributed by atoms with Gasteiger partial charge in [-0.2, -0.15) is 0 Å². The molecule has 6 rings (SSSR count). The Balaban J connectivity index is 0.000000163. The average molecular weight is 630 g/mol.